The highest BCUT2D eigenvalue weighted by molar-refractivity contribution is 14.0. The third-order valence-corrected chi connectivity index (χ3v) is 6.84. The number of hydrogen-bond acceptors (Lipinski definition) is 4. The maximum atomic E-state index is 12.6. The van der Waals surface area contributed by atoms with Crippen LogP contribution in [0.15, 0.2) is 17.1 Å². The molecule has 0 atom stereocenters. The molecular weight excluding hydrogens is 515 g/mol. The van der Waals surface area contributed by atoms with E-state index in [2.05, 4.69) is 45.8 Å². The molecule has 8 heteroatoms. The van der Waals surface area contributed by atoms with Gasteiger partial charge in [0.15, 0.2) is 5.96 Å². The molecule has 3 rings (SSSR count). The maximum Gasteiger partial charge on any atom is 0.225 e. The molecule has 2 aliphatic heterocycles. The summed E-state index contributed by atoms with van der Waals surface area (Å²) in [4.78, 5) is 24.5. The van der Waals surface area contributed by atoms with Crippen LogP contribution in [0.3, 0.4) is 0 Å². The first-order chi connectivity index (χ1) is 15.0. The number of piperidine rings is 1. The minimum atomic E-state index is 0. The Morgan fingerprint density at radius 1 is 1.00 bits per heavy atom. The summed E-state index contributed by atoms with van der Waals surface area (Å²) in [5, 5.41) is 7.04. The Kier molecular flexibility index (Phi) is 12.3. The molecule has 1 aliphatic carbocycles. The van der Waals surface area contributed by atoms with E-state index in [1.807, 2.05) is 0 Å². The third-order valence-electron chi connectivity index (χ3n) is 6.84. The average Bonchev–Trinajstić information content (AvgIpc) is 3.30. The lowest BCUT2D eigenvalue weighted by Crippen LogP contribution is -2.51. The number of guanidine groups is 1. The van der Waals surface area contributed by atoms with Crippen molar-refractivity contribution in [1.82, 2.24) is 25.3 Å². The number of carbonyl (C=O) groups excluding carboxylic acids is 1. The van der Waals surface area contributed by atoms with E-state index in [9.17, 15) is 4.79 Å². The highest BCUT2D eigenvalue weighted by Crippen LogP contribution is 2.26. The molecule has 0 unspecified atom stereocenters. The molecule has 3 fully saturated rings. The second-order valence-electron chi connectivity index (χ2n) is 9.56. The van der Waals surface area contributed by atoms with Crippen molar-refractivity contribution in [3.8, 4) is 0 Å². The van der Waals surface area contributed by atoms with Crippen LogP contribution in [0.2, 0.25) is 0 Å². The lowest BCUT2D eigenvalue weighted by atomic mass is 10.0. The molecule has 0 radical (unpaired) electrons. The molecular formula is C24H45IN6O. The first kappa shape index (κ1) is 27.4. The van der Waals surface area contributed by atoms with Crippen molar-refractivity contribution in [3.05, 3.63) is 12.2 Å². The van der Waals surface area contributed by atoms with Crippen LogP contribution in [0.5, 0.6) is 0 Å². The number of carbonyl (C=O) groups is 1. The fraction of sp³-hybridized carbons (Fsp3) is 0.833. The number of aliphatic imine (C=N–C) groups is 1. The van der Waals surface area contributed by atoms with E-state index in [4.69, 9.17) is 4.99 Å². The second-order valence-corrected chi connectivity index (χ2v) is 9.56. The summed E-state index contributed by atoms with van der Waals surface area (Å²) in [6.45, 7) is 17.8. The zero-order chi connectivity index (χ0) is 22.1. The van der Waals surface area contributed by atoms with E-state index in [-0.39, 0.29) is 24.0 Å². The van der Waals surface area contributed by atoms with Gasteiger partial charge in [-0.2, -0.15) is 0 Å². The summed E-state index contributed by atoms with van der Waals surface area (Å²) in [5.74, 6) is 1.65. The predicted molar refractivity (Wildman–Crippen MR) is 144 cm³/mol. The number of rotatable bonds is 8. The molecule has 2 N–H and O–H groups in total. The van der Waals surface area contributed by atoms with Gasteiger partial charge in [-0.1, -0.05) is 25.0 Å². The SMILES string of the molecule is C=C(C)CN1CCC(NC(=NCCN2CCN(C(=O)C3CCCC3)CC2)NCC)CC1.I. The fourth-order valence-corrected chi connectivity index (χ4v) is 5.06. The standard InChI is InChI=1S/C24H44N6O.HI/c1-4-25-24(27-22-9-12-29(13-10-22)19-20(2)3)26-11-14-28-15-17-30(18-16-28)23(31)21-7-5-6-8-21;/h21-22H,2,4-19H2,1,3H3,(H2,25,26,27);1H. The molecule has 0 aromatic heterocycles. The smallest absolute Gasteiger partial charge is 0.225 e. The van der Waals surface area contributed by atoms with Crippen LogP contribution in [-0.2, 0) is 4.79 Å². The van der Waals surface area contributed by atoms with E-state index in [0.717, 1.165) is 97.1 Å². The lowest BCUT2D eigenvalue weighted by molar-refractivity contribution is -0.137. The molecule has 0 spiro atoms. The van der Waals surface area contributed by atoms with Crippen LogP contribution >= 0.6 is 24.0 Å². The van der Waals surface area contributed by atoms with E-state index >= 15 is 0 Å². The van der Waals surface area contributed by atoms with Gasteiger partial charge in [-0.15, -0.1) is 24.0 Å². The van der Waals surface area contributed by atoms with Crippen molar-refractivity contribution < 1.29 is 4.79 Å². The van der Waals surface area contributed by atoms with Crippen LogP contribution < -0.4 is 10.6 Å². The van der Waals surface area contributed by atoms with Gasteiger partial charge in [0.25, 0.3) is 0 Å². The highest BCUT2D eigenvalue weighted by Gasteiger charge is 2.29. The number of nitrogens with zero attached hydrogens (tertiary/aromatic N) is 4. The Balaban J connectivity index is 0.00000363. The maximum absolute atomic E-state index is 12.6. The quantitative estimate of drug-likeness (QED) is 0.207. The molecule has 2 heterocycles. The molecule has 2 saturated heterocycles. The molecule has 3 aliphatic rings. The summed E-state index contributed by atoms with van der Waals surface area (Å²) in [6.07, 6.45) is 6.94. The van der Waals surface area contributed by atoms with Crippen molar-refractivity contribution >= 4 is 35.8 Å². The van der Waals surface area contributed by atoms with Gasteiger partial charge >= 0.3 is 0 Å². The van der Waals surface area contributed by atoms with Crippen LogP contribution in [0, 0.1) is 5.92 Å². The van der Waals surface area contributed by atoms with Crippen LogP contribution in [0.1, 0.15) is 52.4 Å². The Bertz CT molecular complexity index is 606. The van der Waals surface area contributed by atoms with Crippen LogP contribution in [-0.4, -0.2) is 98.1 Å². The van der Waals surface area contributed by atoms with Crippen molar-refractivity contribution in [2.75, 3.05) is 65.4 Å². The Hall–Kier alpha value is -0.870. The van der Waals surface area contributed by atoms with E-state index in [1.165, 1.54) is 18.4 Å². The molecule has 1 saturated carbocycles. The Morgan fingerprint density at radius 3 is 2.25 bits per heavy atom. The van der Waals surface area contributed by atoms with Gasteiger partial charge in [0.05, 0.1) is 6.54 Å². The van der Waals surface area contributed by atoms with E-state index in [1.54, 1.807) is 0 Å². The van der Waals surface area contributed by atoms with Gasteiger partial charge < -0.3 is 15.5 Å². The number of likely N-dealkylation sites (tertiary alicyclic amines) is 1. The normalized spacial score (nSPS) is 21.9. The Labute approximate surface area is 212 Å². The minimum Gasteiger partial charge on any atom is -0.357 e. The third kappa shape index (κ3) is 8.82. The van der Waals surface area contributed by atoms with Crippen molar-refractivity contribution in [1.29, 1.82) is 0 Å². The number of hydrogen-bond donors (Lipinski definition) is 2. The van der Waals surface area contributed by atoms with Crippen LogP contribution in [0.4, 0.5) is 0 Å². The zero-order valence-electron chi connectivity index (χ0n) is 20.3. The number of amides is 1. The van der Waals surface area contributed by atoms with Gasteiger partial charge in [-0.3, -0.25) is 19.6 Å². The van der Waals surface area contributed by atoms with E-state index < -0.39 is 0 Å². The number of piperazine rings is 1. The first-order valence-electron chi connectivity index (χ1n) is 12.5. The molecule has 32 heavy (non-hydrogen) atoms. The summed E-state index contributed by atoms with van der Waals surface area (Å²) in [6, 6.07) is 0.490. The van der Waals surface area contributed by atoms with Gasteiger partial charge in [0.1, 0.15) is 0 Å². The molecule has 0 aromatic carbocycles. The van der Waals surface area contributed by atoms with Gasteiger partial charge in [0, 0.05) is 70.9 Å². The average molecular weight is 561 g/mol. The number of nitrogens with one attached hydrogen (secondary N) is 2. The monoisotopic (exact) mass is 560 g/mol. The van der Waals surface area contributed by atoms with E-state index in [0.29, 0.717) is 17.9 Å². The van der Waals surface area contributed by atoms with Gasteiger partial charge in [-0.05, 0) is 39.5 Å². The summed E-state index contributed by atoms with van der Waals surface area (Å²) >= 11 is 0. The highest BCUT2D eigenvalue weighted by atomic mass is 127. The Morgan fingerprint density at radius 2 is 1.66 bits per heavy atom. The summed E-state index contributed by atoms with van der Waals surface area (Å²) in [7, 11) is 0. The van der Waals surface area contributed by atoms with Crippen LogP contribution in [0.25, 0.3) is 0 Å². The van der Waals surface area contributed by atoms with Gasteiger partial charge in [0.2, 0.25) is 5.91 Å². The van der Waals surface area contributed by atoms with Gasteiger partial charge in [-0.25, -0.2) is 0 Å². The fourth-order valence-electron chi connectivity index (χ4n) is 5.06. The molecule has 0 bridgehead atoms. The van der Waals surface area contributed by atoms with Crippen molar-refractivity contribution in [2.24, 2.45) is 10.9 Å². The minimum absolute atomic E-state index is 0. The lowest BCUT2D eigenvalue weighted by Gasteiger charge is -2.35. The molecule has 7 nitrogen and oxygen atoms in total. The van der Waals surface area contributed by atoms with Crippen molar-refractivity contribution in [3.63, 3.8) is 0 Å². The topological polar surface area (TPSA) is 63.2 Å². The molecule has 0 aromatic rings. The largest absolute Gasteiger partial charge is 0.357 e. The molecule has 1 amide bonds. The summed E-state index contributed by atoms with van der Waals surface area (Å²) < 4.78 is 0. The predicted octanol–water partition coefficient (Wildman–Crippen LogP) is 2.53. The summed E-state index contributed by atoms with van der Waals surface area (Å²) in [5.41, 5.74) is 1.24. The first-order valence-corrected chi connectivity index (χ1v) is 12.5. The number of halogens is 1. The zero-order valence-corrected chi connectivity index (χ0v) is 22.6. The van der Waals surface area contributed by atoms with Crippen molar-refractivity contribution in [2.45, 2.75) is 58.4 Å². The molecule has 184 valence electrons. The second kappa shape index (κ2) is 14.4.